The van der Waals surface area contributed by atoms with E-state index in [1.165, 1.54) is 38.4 Å². The normalized spacial score (nSPS) is 14.1. The molecule has 100 valence electrons. The summed E-state index contributed by atoms with van der Waals surface area (Å²) >= 11 is 0. The minimum Gasteiger partial charge on any atom is -0.457 e. The molecule has 3 nitrogen and oxygen atoms in total. The Balaban J connectivity index is 4.24. The average molecular weight is 242 g/mol. The summed E-state index contributed by atoms with van der Waals surface area (Å²) in [4.78, 5) is 11.0. The topological polar surface area (TPSA) is 26.3 Å². The smallest absolute Gasteiger partial charge is 0.330 e. The van der Waals surface area contributed by atoms with Crippen LogP contribution < -0.4 is 0 Å². The molecule has 1 atom stereocenters. The highest BCUT2D eigenvalue weighted by atomic mass is 16.5. The molecule has 0 aromatic heterocycles. The second-order valence-electron chi connectivity index (χ2n) is 4.55. The minimum atomic E-state index is -0.314. The van der Waals surface area contributed by atoms with Crippen LogP contribution in [0.3, 0.4) is 0 Å². The Morgan fingerprint density at radius 3 is 2.35 bits per heavy atom. The first-order valence-electron chi connectivity index (χ1n) is 6.78. The summed E-state index contributed by atoms with van der Waals surface area (Å²) in [5, 5.41) is 0. The third-order valence-corrected chi connectivity index (χ3v) is 3.33. The van der Waals surface area contributed by atoms with Crippen molar-refractivity contribution < 1.29 is 14.0 Å². The number of likely N-dealkylation sites (N-methyl/N-ethyl adjacent to an activating group) is 1. The number of hydrogen-bond acceptors (Lipinski definition) is 2. The minimum absolute atomic E-state index is 0.314. The Morgan fingerprint density at radius 2 is 1.88 bits per heavy atom. The largest absolute Gasteiger partial charge is 0.457 e. The van der Waals surface area contributed by atoms with E-state index in [-0.39, 0.29) is 5.97 Å². The van der Waals surface area contributed by atoms with Crippen LogP contribution in [-0.2, 0) is 9.53 Å². The number of carbonyl (C=O) groups excluding carboxylic acids is 1. The highest BCUT2D eigenvalue weighted by Gasteiger charge is 2.23. The van der Waals surface area contributed by atoms with E-state index < -0.39 is 0 Å². The zero-order valence-electron chi connectivity index (χ0n) is 11.7. The van der Waals surface area contributed by atoms with E-state index in [0.29, 0.717) is 6.61 Å². The van der Waals surface area contributed by atoms with Gasteiger partial charge in [0.1, 0.15) is 13.2 Å². The van der Waals surface area contributed by atoms with Crippen molar-refractivity contribution in [3.63, 3.8) is 0 Å². The molecule has 0 aliphatic heterocycles. The maximum Gasteiger partial charge on any atom is 0.330 e. The molecular weight excluding hydrogens is 214 g/mol. The van der Waals surface area contributed by atoms with Gasteiger partial charge in [-0.05, 0) is 19.8 Å². The zero-order chi connectivity index (χ0) is 13.1. The lowest BCUT2D eigenvalue weighted by molar-refractivity contribution is -0.926. The predicted molar refractivity (Wildman–Crippen MR) is 71.8 cm³/mol. The lowest BCUT2D eigenvalue weighted by atomic mass is 10.2. The van der Waals surface area contributed by atoms with Gasteiger partial charge in [-0.2, -0.15) is 0 Å². The lowest BCUT2D eigenvalue weighted by Gasteiger charge is -2.37. The van der Waals surface area contributed by atoms with Crippen LogP contribution in [0.1, 0.15) is 40.0 Å². The quantitative estimate of drug-likeness (QED) is 0.334. The Hall–Kier alpha value is -0.830. The lowest BCUT2D eigenvalue weighted by Crippen LogP contribution is -2.51. The summed E-state index contributed by atoms with van der Waals surface area (Å²) in [5.41, 5.74) is 0. The fraction of sp³-hybridized carbons (Fsp3) is 0.786. The molecule has 0 amide bonds. The number of ether oxygens (including phenoxy) is 1. The number of nitrogens with zero attached hydrogens (tertiary/aromatic N) is 1. The van der Waals surface area contributed by atoms with Gasteiger partial charge in [0.25, 0.3) is 0 Å². The molecule has 0 aliphatic carbocycles. The molecule has 0 saturated carbocycles. The monoisotopic (exact) mass is 242 g/mol. The number of unbranched alkanes of at least 4 members (excludes halogenated alkanes) is 1. The van der Waals surface area contributed by atoms with Gasteiger partial charge in [-0.1, -0.05) is 26.8 Å². The molecule has 0 N–H and O–H groups in total. The number of hydrogen-bond donors (Lipinski definition) is 0. The highest BCUT2D eigenvalue weighted by molar-refractivity contribution is 5.81. The highest BCUT2D eigenvalue weighted by Crippen LogP contribution is 2.11. The van der Waals surface area contributed by atoms with Gasteiger partial charge in [0.15, 0.2) is 0 Å². The van der Waals surface area contributed by atoms with Gasteiger partial charge in [0.05, 0.1) is 19.6 Å². The SMILES string of the molecule is C=CC(=O)OCC[N@@+](CC)(CCC)CCCC. The first-order chi connectivity index (χ1) is 8.14. The van der Waals surface area contributed by atoms with Crippen molar-refractivity contribution in [1.29, 1.82) is 0 Å². The first-order valence-corrected chi connectivity index (χ1v) is 6.78. The van der Waals surface area contributed by atoms with E-state index in [0.717, 1.165) is 17.6 Å². The summed E-state index contributed by atoms with van der Waals surface area (Å²) in [7, 11) is 0. The van der Waals surface area contributed by atoms with Gasteiger partial charge in [-0.25, -0.2) is 4.79 Å². The maximum atomic E-state index is 11.0. The molecule has 0 radical (unpaired) electrons. The molecule has 0 bridgehead atoms. The molecule has 0 unspecified atom stereocenters. The van der Waals surface area contributed by atoms with E-state index in [9.17, 15) is 4.79 Å². The third-order valence-electron chi connectivity index (χ3n) is 3.33. The number of quaternary nitrogens is 1. The molecule has 17 heavy (non-hydrogen) atoms. The van der Waals surface area contributed by atoms with Gasteiger partial charge in [0.2, 0.25) is 0 Å². The van der Waals surface area contributed by atoms with Crippen LogP contribution in [0.25, 0.3) is 0 Å². The van der Waals surface area contributed by atoms with Crippen molar-refractivity contribution >= 4 is 5.97 Å². The maximum absolute atomic E-state index is 11.0. The summed E-state index contributed by atoms with van der Waals surface area (Å²) in [6.45, 7) is 14.9. The third kappa shape index (κ3) is 6.47. The van der Waals surface area contributed by atoms with Gasteiger partial charge in [-0.15, -0.1) is 0 Å². The summed E-state index contributed by atoms with van der Waals surface area (Å²) < 4.78 is 6.17. The van der Waals surface area contributed by atoms with Crippen LogP contribution in [0.5, 0.6) is 0 Å². The van der Waals surface area contributed by atoms with Crippen LogP contribution in [0.15, 0.2) is 12.7 Å². The second-order valence-corrected chi connectivity index (χ2v) is 4.55. The van der Waals surface area contributed by atoms with Crippen LogP contribution in [-0.4, -0.2) is 43.2 Å². The standard InChI is InChI=1S/C14H28NO2/c1-5-9-11-15(8-4,10-6-2)12-13-17-14(16)7-3/h7H,3,5-6,8-13H2,1-2,4H3/q+1/t15-/m0/s1. The van der Waals surface area contributed by atoms with Crippen molar-refractivity contribution in [1.82, 2.24) is 0 Å². The van der Waals surface area contributed by atoms with Crippen molar-refractivity contribution in [2.24, 2.45) is 0 Å². The van der Waals surface area contributed by atoms with Crippen LogP contribution >= 0.6 is 0 Å². The number of esters is 1. The van der Waals surface area contributed by atoms with Crippen molar-refractivity contribution in [3.05, 3.63) is 12.7 Å². The average Bonchev–Trinajstić information content (AvgIpc) is 2.35. The van der Waals surface area contributed by atoms with Gasteiger partial charge in [0, 0.05) is 6.08 Å². The summed E-state index contributed by atoms with van der Waals surface area (Å²) in [5.74, 6) is -0.314. The van der Waals surface area contributed by atoms with E-state index in [1.807, 2.05) is 0 Å². The van der Waals surface area contributed by atoms with E-state index in [4.69, 9.17) is 4.74 Å². The van der Waals surface area contributed by atoms with E-state index >= 15 is 0 Å². The molecular formula is C14H28NO2+. The molecule has 0 aromatic rings. The van der Waals surface area contributed by atoms with Crippen molar-refractivity contribution in [2.75, 3.05) is 32.8 Å². The first kappa shape index (κ1) is 16.2. The van der Waals surface area contributed by atoms with Crippen LogP contribution in [0.2, 0.25) is 0 Å². The fourth-order valence-electron chi connectivity index (χ4n) is 2.18. The molecule has 0 spiro atoms. The molecule has 0 fully saturated rings. The summed E-state index contributed by atoms with van der Waals surface area (Å²) in [6, 6.07) is 0. The number of carbonyl (C=O) groups is 1. The Kier molecular flexibility index (Phi) is 8.78. The Bertz CT molecular complexity index is 228. The van der Waals surface area contributed by atoms with Gasteiger partial charge >= 0.3 is 5.97 Å². The van der Waals surface area contributed by atoms with Crippen molar-refractivity contribution in [3.8, 4) is 0 Å². The molecule has 0 heterocycles. The Morgan fingerprint density at radius 1 is 1.18 bits per heavy atom. The van der Waals surface area contributed by atoms with Gasteiger partial charge < -0.3 is 9.22 Å². The number of rotatable bonds is 10. The Labute approximate surface area is 106 Å². The van der Waals surface area contributed by atoms with Crippen molar-refractivity contribution in [2.45, 2.75) is 40.0 Å². The summed E-state index contributed by atoms with van der Waals surface area (Å²) in [6.07, 6.45) is 4.86. The fourth-order valence-corrected chi connectivity index (χ4v) is 2.18. The van der Waals surface area contributed by atoms with E-state index in [2.05, 4.69) is 27.4 Å². The molecule has 0 aromatic carbocycles. The molecule has 3 heteroatoms. The van der Waals surface area contributed by atoms with E-state index in [1.54, 1.807) is 0 Å². The molecule has 0 aliphatic rings. The van der Waals surface area contributed by atoms with Crippen LogP contribution in [0.4, 0.5) is 0 Å². The van der Waals surface area contributed by atoms with Crippen LogP contribution in [0, 0.1) is 0 Å². The zero-order valence-corrected chi connectivity index (χ0v) is 11.7. The second kappa shape index (κ2) is 9.23. The molecule has 0 saturated heterocycles. The predicted octanol–water partition coefficient (Wildman–Crippen LogP) is 2.76. The van der Waals surface area contributed by atoms with Gasteiger partial charge in [-0.3, -0.25) is 0 Å². The molecule has 0 rings (SSSR count).